The normalized spacial score (nSPS) is 11.6. The van der Waals surface area contributed by atoms with Crippen LogP contribution in [0.2, 0.25) is 0 Å². The third kappa shape index (κ3) is 2.74. The highest BCUT2D eigenvalue weighted by Crippen LogP contribution is 2.15. The van der Waals surface area contributed by atoms with Crippen LogP contribution in [-0.2, 0) is 0 Å². The van der Waals surface area contributed by atoms with Crippen LogP contribution in [0.1, 0.15) is 29.3 Å². The first-order valence-electron chi connectivity index (χ1n) is 5.09. The number of hydrogen-bond donors (Lipinski definition) is 2. The van der Waals surface area contributed by atoms with Gasteiger partial charge in [-0.1, -0.05) is 6.07 Å². The number of amides is 1. The Morgan fingerprint density at radius 3 is 2.94 bits per heavy atom. The lowest BCUT2D eigenvalue weighted by Crippen LogP contribution is -2.32. The summed E-state index contributed by atoms with van der Waals surface area (Å²) in [6, 6.07) is 7.08. The predicted molar refractivity (Wildman–Crippen MR) is 62.7 cm³/mol. The van der Waals surface area contributed by atoms with Crippen LogP contribution in [-0.4, -0.2) is 11.9 Å². The van der Waals surface area contributed by atoms with Crippen LogP contribution in [0.3, 0.4) is 0 Å². The van der Waals surface area contributed by atoms with Crippen LogP contribution >= 0.6 is 0 Å². The van der Waals surface area contributed by atoms with Crippen molar-refractivity contribution in [3.63, 3.8) is 0 Å². The minimum atomic E-state index is -0.187. The highest BCUT2D eigenvalue weighted by atomic mass is 16.1. The first-order chi connectivity index (χ1) is 7.56. The molecule has 4 nitrogen and oxygen atoms in total. The zero-order valence-electron chi connectivity index (χ0n) is 9.45. The second-order valence-electron chi connectivity index (χ2n) is 3.76. The van der Waals surface area contributed by atoms with Crippen molar-refractivity contribution >= 4 is 11.6 Å². The Hall–Kier alpha value is -2.02. The molecule has 0 saturated carbocycles. The highest BCUT2D eigenvalue weighted by molar-refractivity contribution is 5.97. The Bertz CT molecular complexity index is 434. The van der Waals surface area contributed by atoms with Crippen molar-refractivity contribution in [2.75, 3.05) is 5.73 Å². The van der Waals surface area contributed by atoms with E-state index >= 15 is 0 Å². The van der Waals surface area contributed by atoms with E-state index in [2.05, 4.69) is 5.32 Å². The van der Waals surface area contributed by atoms with E-state index in [1.54, 1.807) is 32.0 Å². The number of nitrogen functional groups attached to an aromatic ring is 1. The summed E-state index contributed by atoms with van der Waals surface area (Å²) in [7, 11) is 0. The smallest absolute Gasteiger partial charge is 0.251 e. The molecule has 1 atom stereocenters. The third-order valence-electron chi connectivity index (χ3n) is 2.40. The Morgan fingerprint density at radius 2 is 2.31 bits per heavy atom. The van der Waals surface area contributed by atoms with Crippen molar-refractivity contribution < 1.29 is 4.79 Å². The van der Waals surface area contributed by atoms with E-state index in [1.165, 1.54) is 0 Å². The molecule has 1 unspecified atom stereocenters. The predicted octanol–water partition coefficient (Wildman–Crippen LogP) is 1.61. The van der Waals surface area contributed by atoms with Crippen molar-refractivity contribution in [1.82, 2.24) is 5.32 Å². The maximum Gasteiger partial charge on any atom is 0.251 e. The van der Waals surface area contributed by atoms with Gasteiger partial charge in [-0.15, -0.1) is 0 Å². The number of hydrogen-bond acceptors (Lipinski definition) is 3. The zero-order valence-corrected chi connectivity index (χ0v) is 9.45. The SMILES string of the molecule is Cc1c(N)cccc1C(=O)NC(C)CC#N. The van der Waals surface area contributed by atoms with Gasteiger partial charge in [0.15, 0.2) is 0 Å². The Kier molecular flexibility index (Phi) is 3.90. The summed E-state index contributed by atoms with van der Waals surface area (Å²) in [5.41, 5.74) is 7.64. The molecular formula is C12H15N3O. The van der Waals surface area contributed by atoms with Gasteiger partial charge in [0.1, 0.15) is 0 Å². The number of rotatable bonds is 3. The average molecular weight is 217 g/mol. The largest absolute Gasteiger partial charge is 0.398 e. The van der Waals surface area contributed by atoms with Crippen LogP contribution in [0.15, 0.2) is 18.2 Å². The van der Waals surface area contributed by atoms with Gasteiger partial charge in [0.05, 0.1) is 12.5 Å². The van der Waals surface area contributed by atoms with Crippen molar-refractivity contribution in [2.24, 2.45) is 0 Å². The summed E-state index contributed by atoms with van der Waals surface area (Å²) in [6.45, 7) is 3.60. The van der Waals surface area contributed by atoms with Crippen molar-refractivity contribution in [3.8, 4) is 6.07 Å². The standard InChI is InChI=1S/C12H15N3O/c1-8(6-7-13)15-12(16)10-4-3-5-11(14)9(10)2/h3-5,8H,6,14H2,1-2H3,(H,15,16). The number of nitrogens with two attached hydrogens (primary N) is 1. The number of benzene rings is 1. The highest BCUT2D eigenvalue weighted by Gasteiger charge is 2.12. The Morgan fingerprint density at radius 1 is 1.62 bits per heavy atom. The van der Waals surface area contributed by atoms with E-state index in [-0.39, 0.29) is 11.9 Å². The van der Waals surface area contributed by atoms with Crippen LogP contribution in [0, 0.1) is 18.3 Å². The fraction of sp³-hybridized carbons (Fsp3) is 0.333. The van der Waals surface area contributed by atoms with E-state index in [1.807, 2.05) is 6.07 Å². The second-order valence-corrected chi connectivity index (χ2v) is 3.76. The quantitative estimate of drug-likeness (QED) is 0.755. The molecule has 0 aromatic heterocycles. The Labute approximate surface area is 95.1 Å². The topological polar surface area (TPSA) is 78.9 Å². The van der Waals surface area contributed by atoms with Crippen molar-refractivity contribution in [1.29, 1.82) is 5.26 Å². The average Bonchev–Trinajstić information content (AvgIpc) is 2.22. The van der Waals surface area contributed by atoms with Crippen molar-refractivity contribution in [3.05, 3.63) is 29.3 Å². The van der Waals surface area contributed by atoms with Gasteiger partial charge in [-0.05, 0) is 31.5 Å². The summed E-state index contributed by atoms with van der Waals surface area (Å²) in [5.74, 6) is -0.187. The van der Waals surface area contributed by atoms with E-state index in [4.69, 9.17) is 11.0 Å². The minimum Gasteiger partial charge on any atom is -0.398 e. The molecule has 84 valence electrons. The maximum absolute atomic E-state index is 11.8. The van der Waals surface area contributed by atoms with E-state index < -0.39 is 0 Å². The van der Waals surface area contributed by atoms with Gasteiger partial charge in [0.25, 0.3) is 5.91 Å². The summed E-state index contributed by atoms with van der Waals surface area (Å²) >= 11 is 0. The molecule has 4 heteroatoms. The fourth-order valence-electron chi connectivity index (χ4n) is 1.39. The van der Waals surface area contributed by atoms with Crippen LogP contribution in [0.5, 0.6) is 0 Å². The lowest BCUT2D eigenvalue weighted by Gasteiger charge is -2.12. The lowest BCUT2D eigenvalue weighted by molar-refractivity contribution is 0.0940. The van der Waals surface area contributed by atoms with Crippen LogP contribution < -0.4 is 11.1 Å². The summed E-state index contributed by atoms with van der Waals surface area (Å²) in [4.78, 5) is 11.8. The van der Waals surface area contributed by atoms with Crippen molar-refractivity contribution in [2.45, 2.75) is 26.3 Å². The molecule has 0 radical (unpaired) electrons. The fourth-order valence-corrected chi connectivity index (χ4v) is 1.39. The number of nitriles is 1. The third-order valence-corrected chi connectivity index (χ3v) is 2.40. The zero-order chi connectivity index (χ0) is 12.1. The number of anilines is 1. The second kappa shape index (κ2) is 5.17. The monoisotopic (exact) mass is 217 g/mol. The van der Waals surface area contributed by atoms with Crippen LogP contribution in [0.25, 0.3) is 0 Å². The molecule has 1 aromatic carbocycles. The van der Waals surface area contributed by atoms with Gasteiger partial charge >= 0.3 is 0 Å². The first-order valence-corrected chi connectivity index (χ1v) is 5.09. The molecule has 0 bridgehead atoms. The number of nitrogens with one attached hydrogen (secondary N) is 1. The van der Waals surface area contributed by atoms with Crippen LogP contribution in [0.4, 0.5) is 5.69 Å². The molecule has 0 aliphatic heterocycles. The molecule has 0 heterocycles. The number of carbonyl (C=O) groups is 1. The van der Waals surface area contributed by atoms with E-state index in [0.717, 1.165) is 5.56 Å². The van der Waals surface area contributed by atoms with E-state index in [9.17, 15) is 4.79 Å². The van der Waals surface area contributed by atoms with E-state index in [0.29, 0.717) is 17.7 Å². The molecule has 0 aliphatic carbocycles. The molecular weight excluding hydrogens is 202 g/mol. The molecule has 3 N–H and O–H groups in total. The van der Waals surface area contributed by atoms with Gasteiger partial charge in [-0.3, -0.25) is 4.79 Å². The molecule has 16 heavy (non-hydrogen) atoms. The summed E-state index contributed by atoms with van der Waals surface area (Å²) in [6.07, 6.45) is 0.299. The molecule has 0 saturated heterocycles. The van der Waals surface area contributed by atoms with Gasteiger partial charge < -0.3 is 11.1 Å². The molecule has 1 amide bonds. The summed E-state index contributed by atoms with van der Waals surface area (Å²) in [5, 5.41) is 11.2. The Balaban J connectivity index is 2.82. The molecule has 1 aromatic rings. The minimum absolute atomic E-state index is 0.154. The van der Waals surface area contributed by atoms with Gasteiger partial charge in [0, 0.05) is 17.3 Å². The lowest BCUT2D eigenvalue weighted by atomic mass is 10.1. The molecule has 0 spiro atoms. The van der Waals surface area contributed by atoms with Gasteiger partial charge in [-0.2, -0.15) is 5.26 Å². The number of nitrogens with zero attached hydrogens (tertiary/aromatic N) is 1. The molecule has 0 aliphatic rings. The molecule has 0 fully saturated rings. The number of carbonyl (C=O) groups excluding carboxylic acids is 1. The summed E-state index contributed by atoms with van der Waals surface area (Å²) < 4.78 is 0. The van der Waals surface area contributed by atoms with Gasteiger partial charge in [0.2, 0.25) is 0 Å². The maximum atomic E-state index is 11.8. The first kappa shape index (κ1) is 12.1. The van der Waals surface area contributed by atoms with Gasteiger partial charge in [-0.25, -0.2) is 0 Å². The molecule has 1 rings (SSSR count).